The van der Waals surface area contributed by atoms with Gasteiger partial charge < -0.3 is 0 Å². The van der Waals surface area contributed by atoms with E-state index in [0.717, 1.165) is 0 Å². The summed E-state index contributed by atoms with van der Waals surface area (Å²) in [5.74, 6) is 0.698. The van der Waals surface area contributed by atoms with E-state index in [0.29, 0.717) is 11.0 Å². The van der Waals surface area contributed by atoms with Gasteiger partial charge in [-0.3, -0.25) is 0 Å². The number of nitrogens with zero attached hydrogens (tertiary/aromatic N) is 3. The molecule has 0 N–H and O–H groups in total. The topological polar surface area (TPSA) is 30.7 Å². The molecule has 2 heterocycles. The highest BCUT2D eigenvalue weighted by atomic mass is 35.5. The lowest BCUT2D eigenvalue weighted by molar-refractivity contribution is 0.847. The number of pyridine rings is 1. The van der Waals surface area contributed by atoms with Crippen molar-refractivity contribution in [2.24, 2.45) is 0 Å². The van der Waals surface area contributed by atoms with Gasteiger partial charge in [0.1, 0.15) is 5.15 Å². The highest BCUT2D eigenvalue weighted by Crippen LogP contribution is 2.07. The predicted molar refractivity (Wildman–Crippen MR) is 45.2 cm³/mol. The summed E-state index contributed by atoms with van der Waals surface area (Å²) in [6.07, 6.45) is 3.49. The molecule has 2 aromatic heterocycles. The third-order valence-electron chi connectivity index (χ3n) is 1.39. The van der Waals surface area contributed by atoms with Crippen molar-refractivity contribution in [2.75, 3.05) is 0 Å². The van der Waals surface area contributed by atoms with Crippen LogP contribution in [-0.2, 0) is 0 Å². The van der Waals surface area contributed by atoms with Gasteiger partial charge in [0.2, 0.25) is 0 Å². The maximum absolute atomic E-state index is 5.65. The lowest BCUT2D eigenvalue weighted by Crippen LogP contribution is -1.96. The van der Waals surface area contributed by atoms with Crippen molar-refractivity contribution in [1.82, 2.24) is 14.8 Å². The molecule has 0 aromatic carbocycles. The van der Waals surface area contributed by atoms with Crippen molar-refractivity contribution in [3.05, 3.63) is 41.8 Å². The Balaban J connectivity index is 2.48. The molecule has 0 amide bonds. The number of hydrogen-bond acceptors (Lipinski definition) is 2. The minimum absolute atomic E-state index is 0.350. The minimum atomic E-state index is 0.350. The molecule has 2 aromatic rings. The first kappa shape index (κ1) is 7.31. The van der Waals surface area contributed by atoms with E-state index in [2.05, 4.69) is 16.1 Å². The van der Waals surface area contributed by atoms with Gasteiger partial charge in [-0.15, -0.1) is 0 Å². The van der Waals surface area contributed by atoms with Gasteiger partial charge in [0, 0.05) is 18.5 Å². The molecule has 0 saturated heterocycles. The van der Waals surface area contributed by atoms with Crippen LogP contribution in [-0.4, -0.2) is 14.8 Å². The molecule has 0 aliphatic heterocycles. The summed E-state index contributed by atoms with van der Waals surface area (Å²) >= 11 is 5.65. The van der Waals surface area contributed by atoms with Crippen LogP contribution >= 0.6 is 11.6 Å². The van der Waals surface area contributed by atoms with Crippen LogP contribution in [0, 0.1) is 6.07 Å². The fourth-order valence-electron chi connectivity index (χ4n) is 0.887. The van der Waals surface area contributed by atoms with Gasteiger partial charge in [0.15, 0.2) is 5.82 Å². The minimum Gasteiger partial charge on any atom is -0.223 e. The summed E-state index contributed by atoms with van der Waals surface area (Å²) in [5, 5.41) is 4.36. The summed E-state index contributed by atoms with van der Waals surface area (Å²) in [4.78, 5) is 4.03. The van der Waals surface area contributed by atoms with Crippen molar-refractivity contribution in [3.63, 3.8) is 0 Å². The average molecular weight is 179 g/mol. The van der Waals surface area contributed by atoms with Crippen molar-refractivity contribution in [3.8, 4) is 5.82 Å². The summed E-state index contributed by atoms with van der Waals surface area (Å²) in [5.41, 5.74) is 0. The van der Waals surface area contributed by atoms with Crippen LogP contribution in [0.3, 0.4) is 0 Å². The second-order valence-corrected chi connectivity index (χ2v) is 2.55. The zero-order chi connectivity index (χ0) is 8.39. The number of halogens is 1. The van der Waals surface area contributed by atoms with Gasteiger partial charge in [-0.1, -0.05) is 11.6 Å². The SMILES string of the molecule is Clc1[c]ccc(-n2cccn2)n1. The molecular formula is C8H5ClN3. The van der Waals surface area contributed by atoms with Crippen molar-refractivity contribution in [1.29, 1.82) is 0 Å². The van der Waals surface area contributed by atoms with Crippen molar-refractivity contribution in [2.45, 2.75) is 0 Å². The second kappa shape index (κ2) is 2.95. The second-order valence-electron chi connectivity index (χ2n) is 2.19. The molecule has 0 bridgehead atoms. The predicted octanol–water partition coefficient (Wildman–Crippen LogP) is 1.72. The molecule has 3 nitrogen and oxygen atoms in total. The Hall–Kier alpha value is -1.35. The Bertz CT molecular complexity index is 370. The highest BCUT2D eigenvalue weighted by molar-refractivity contribution is 6.29. The first-order chi connectivity index (χ1) is 5.86. The van der Waals surface area contributed by atoms with E-state index in [1.165, 1.54) is 0 Å². The Kier molecular flexibility index (Phi) is 1.80. The molecule has 4 heteroatoms. The summed E-state index contributed by atoms with van der Waals surface area (Å²) in [6.45, 7) is 0. The molecule has 12 heavy (non-hydrogen) atoms. The maximum Gasteiger partial charge on any atom is 0.155 e. The normalized spacial score (nSPS) is 10.1. The van der Waals surface area contributed by atoms with Gasteiger partial charge in [0.25, 0.3) is 0 Å². The van der Waals surface area contributed by atoms with Crippen LogP contribution in [0.1, 0.15) is 0 Å². The lowest BCUT2D eigenvalue weighted by atomic mass is 10.5. The third kappa shape index (κ3) is 1.31. The molecule has 0 aliphatic carbocycles. The van der Waals surface area contributed by atoms with Gasteiger partial charge in [-0.2, -0.15) is 5.10 Å². The zero-order valence-electron chi connectivity index (χ0n) is 6.11. The number of rotatable bonds is 1. The van der Waals surface area contributed by atoms with E-state index in [4.69, 9.17) is 11.6 Å². The van der Waals surface area contributed by atoms with Gasteiger partial charge in [-0.25, -0.2) is 9.67 Å². The van der Waals surface area contributed by atoms with Crippen LogP contribution in [0.15, 0.2) is 30.6 Å². The Morgan fingerprint density at radius 3 is 3.08 bits per heavy atom. The van der Waals surface area contributed by atoms with E-state index in [1.807, 2.05) is 6.07 Å². The summed E-state index contributed by atoms with van der Waals surface area (Å²) in [6, 6.07) is 8.08. The molecule has 0 unspecified atom stereocenters. The number of hydrogen-bond donors (Lipinski definition) is 0. The van der Waals surface area contributed by atoms with Gasteiger partial charge in [0.05, 0.1) is 0 Å². The molecule has 0 aliphatic rings. The Morgan fingerprint density at radius 2 is 2.42 bits per heavy atom. The first-order valence-corrected chi connectivity index (χ1v) is 3.78. The molecule has 2 rings (SSSR count). The van der Waals surface area contributed by atoms with Crippen LogP contribution in [0.2, 0.25) is 5.15 Å². The van der Waals surface area contributed by atoms with Crippen molar-refractivity contribution < 1.29 is 0 Å². The summed E-state index contributed by atoms with van der Waals surface area (Å²) in [7, 11) is 0. The lowest BCUT2D eigenvalue weighted by Gasteiger charge is -1.98. The number of aromatic nitrogens is 3. The van der Waals surface area contributed by atoms with E-state index >= 15 is 0 Å². The first-order valence-electron chi connectivity index (χ1n) is 3.40. The van der Waals surface area contributed by atoms with E-state index in [-0.39, 0.29) is 0 Å². The smallest absolute Gasteiger partial charge is 0.155 e. The monoisotopic (exact) mass is 178 g/mol. The van der Waals surface area contributed by atoms with Gasteiger partial charge >= 0.3 is 0 Å². The summed E-state index contributed by atoms with van der Waals surface area (Å²) < 4.78 is 1.64. The Morgan fingerprint density at radius 1 is 1.50 bits per heavy atom. The fraction of sp³-hybridized carbons (Fsp3) is 0. The Labute approximate surface area is 74.6 Å². The molecule has 0 fully saturated rings. The molecule has 0 atom stereocenters. The molecular weight excluding hydrogens is 174 g/mol. The molecule has 0 spiro atoms. The van der Waals surface area contributed by atoms with Crippen LogP contribution in [0.25, 0.3) is 5.82 Å². The highest BCUT2D eigenvalue weighted by Gasteiger charge is 1.96. The average Bonchev–Trinajstić information content (AvgIpc) is 2.56. The van der Waals surface area contributed by atoms with E-state index in [1.54, 1.807) is 29.2 Å². The van der Waals surface area contributed by atoms with Crippen LogP contribution in [0.4, 0.5) is 0 Å². The van der Waals surface area contributed by atoms with Gasteiger partial charge in [-0.05, 0) is 18.2 Å². The zero-order valence-corrected chi connectivity index (χ0v) is 6.86. The molecule has 59 valence electrons. The molecule has 0 saturated carbocycles. The quantitative estimate of drug-likeness (QED) is 0.623. The largest absolute Gasteiger partial charge is 0.223 e. The standard InChI is InChI=1S/C8H5ClN3/c9-7-3-1-4-8(11-7)12-6-2-5-10-12/h1-2,4-6H. The molecule has 1 radical (unpaired) electrons. The van der Waals surface area contributed by atoms with Crippen LogP contribution in [0.5, 0.6) is 0 Å². The third-order valence-corrected chi connectivity index (χ3v) is 1.58. The van der Waals surface area contributed by atoms with E-state index in [9.17, 15) is 0 Å². The van der Waals surface area contributed by atoms with Crippen LogP contribution < -0.4 is 0 Å². The van der Waals surface area contributed by atoms with E-state index < -0.39 is 0 Å². The van der Waals surface area contributed by atoms with Crippen molar-refractivity contribution >= 4 is 11.6 Å². The maximum atomic E-state index is 5.65. The fourth-order valence-corrected chi connectivity index (χ4v) is 1.04.